The van der Waals surface area contributed by atoms with E-state index in [-0.39, 0.29) is 0 Å². The Morgan fingerprint density at radius 2 is 2.18 bits per heavy atom. The van der Waals surface area contributed by atoms with Crippen molar-refractivity contribution in [2.24, 2.45) is 11.3 Å². The Kier molecular flexibility index (Phi) is 4.99. The monoisotopic (exact) mass is 241 g/mol. The van der Waals surface area contributed by atoms with Gasteiger partial charge in [0.15, 0.2) is 0 Å². The number of rotatable bonds is 6. The standard InChI is InChI=1S/C14H27NO2/c1-5-8-14(4,13(16)17)10-15-9-6-7-12(15)11(2)3/h11-12H,5-10H2,1-4H3,(H,16,17). The Bertz CT molecular complexity index is 265. The number of carboxylic acids is 1. The van der Waals surface area contributed by atoms with Gasteiger partial charge in [0.05, 0.1) is 5.41 Å². The molecule has 0 amide bonds. The number of nitrogens with zero attached hydrogens (tertiary/aromatic N) is 1. The molecule has 0 aromatic carbocycles. The third kappa shape index (κ3) is 3.44. The Hall–Kier alpha value is -0.570. The molecular weight excluding hydrogens is 214 g/mol. The van der Waals surface area contributed by atoms with E-state index in [9.17, 15) is 9.90 Å². The van der Waals surface area contributed by atoms with E-state index in [1.165, 1.54) is 12.8 Å². The van der Waals surface area contributed by atoms with Gasteiger partial charge in [0.2, 0.25) is 0 Å². The highest BCUT2D eigenvalue weighted by Gasteiger charge is 2.38. The summed E-state index contributed by atoms with van der Waals surface area (Å²) in [6, 6.07) is 0.575. The first kappa shape index (κ1) is 14.5. The van der Waals surface area contributed by atoms with Gasteiger partial charge in [-0.05, 0) is 38.6 Å². The highest BCUT2D eigenvalue weighted by molar-refractivity contribution is 5.74. The number of carbonyl (C=O) groups is 1. The summed E-state index contributed by atoms with van der Waals surface area (Å²) in [5, 5.41) is 9.42. The van der Waals surface area contributed by atoms with E-state index in [4.69, 9.17) is 0 Å². The minimum absolute atomic E-state index is 0.575. The van der Waals surface area contributed by atoms with Crippen molar-refractivity contribution in [2.75, 3.05) is 13.1 Å². The molecule has 0 bridgehead atoms. The van der Waals surface area contributed by atoms with Gasteiger partial charge < -0.3 is 5.11 Å². The normalized spacial score (nSPS) is 25.1. The van der Waals surface area contributed by atoms with E-state index in [1.807, 2.05) is 6.92 Å². The molecule has 0 saturated carbocycles. The minimum atomic E-state index is -0.645. The molecule has 17 heavy (non-hydrogen) atoms. The Labute approximate surface area is 105 Å². The van der Waals surface area contributed by atoms with E-state index in [0.717, 1.165) is 19.4 Å². The second-order valence-corrected chi connectivity index (χ2v) is 6.04. The molecule has 1 rings (SSSR count). The van der Waals surface area contributed by atoms with Crippen LogP contribution in [0.5, 0.6) is 0 Å². The fourth-order valence-corrected chi connectivity index (χ4v) is 3.06. The molecule has 1 saturated heterocycles. The molecule has 3 nitrogen and oxygen atoms in total. The number of carboxylic acid groups (broad SMARTS) is 1. The summed E-state index contributed by atoms with van der Waals surface area (Å²) >= 11 is 0. The third-order valence-corrected chi connectivity index (χ3v) is 4.05. The van der Waals surface area contributed by atoms with Gasteiger partial charge in [0.1, 0.15) is 0 Å². The van der Waals surface area contributed by atoms with Crippen LogP contribution in [0.2, 0.25) is 0 Å². The molecule has 0 spiro atoms. The molecule has 0 aliphatic carbocycles. The van der Waals surface area contributed by atoms with Crippen LogP contribution in [0.1, 0.15) is 53.4 Å². The van der Waals surface area contributed by atoms with Crippen LogP contribution in [0.25, 0.3) is 0 Å². The largest absolute Gasteiger partial charge is 0.481 e. The first-order valence-electron chi connectivity index (χ1n) is 6.88. The van der Waals surface area contributed by atoms with E-state index in [0.29, 0.717) is 18.5 Å². The lowest BCUT2D eigenvalue weighted by atomic mass is 9.84. The van der Waals surface area contributed by atoms with Gasteiger partial charge in [-0.2, -0.15) is 0 Å². The SMILES string of the molecule is CCCC(C)(CN1CCCC1C(C)C)C(=O)O. The Morgan fingerprint density at radius 1 is 1.53 bits per heavy atom. The van der Waals surface area contributed by atoms with Crippen molar-refractivity contribution < 1.29 is 9.90 Å². The van der Waals surface area contributed by atoms with Crippen LogP contribution in [0.15, 0.2) is 0 Å². The van der Waals surface area contributed by atoms with Gasteiger partial charge in [-0.3, -0.25) is 9.69 Å². The average molecular weight is 241 g/mol. The predicted octanol–water partition coefficient (Wildman–Crippen LogP) is 3.00. The zero-order valence-electron chi connectivity index (χ0n) is 11.7. The van der Waals surface area contributed by atoms with Crippen molar-refractivity contribution >= 4 is 5.97 Å². The van der Waals surface area contributed by atoms with Gasteiger partial charge in [0.25, 0.3) is 0 Å². The number of hydrogen-bond acceptors (Lipinski definition) is 2. The summed E-state index contributed by atoms with van der Waals surface area (Å²) in [5.74, 6) is -0.0223. The third-order valence-electron chi connectivity index (χ3n) is 4.05. The fraction of sp³-hybridized carbons (Fsp3) is 0.929. The highest BCUT2D eigenvalue weighted by Crippen LogP contribution is 2.31. The van der Waals surface area contributed by atoms with Crippen LogP contribution in [0, 0.1) is 11.3 Å². The van der Waals surface area contributed by atoms with Crippen molar-refractivity contribution in [3.05, 3.63) is 0 Å². The molecule has 2 atom stereocenters. The molecule has 0 aromatic rings. The molecule has 1 heterocycles. The van der Waals surface area contributed by atoms with E-state index in [1.54, 1.807) is 0 Å². The summed E-state index contributed by atoms with van der Waals surface area (Å²) in [6.45, 7) is 10.2. The zero-order chi connectivity index (χ0) is 13.1. The van der Waals surface area contributed by atoms with Gasteiger partial charge >= 0.3 is 5.97 Å². The van der Waals surface area contributed by atoms with E-state index in [2.05, 4.69) is 25.7 Å². The molecule has 100 valence electrons. The van der Waals surface area contributed by atoms with Crippen molar-refractivity contribution in [1.82, 2.24) is 4.90 Å². The molecule has 1 aliphatic heterocycles. The second-order valence-electron chi connectivity index (χ2n) is 6.04. The molecule has 2 unspecified atom stereocenters. The molecule has 0 radical (unpaired) electrons. The fourth-order valence-electron chi connectivity index (χ4n) is 3.06. The number of aliphatic carboxylic acids is 1. The molecule has 3 heteroatoms. The van der Waals surface area contributed by atoms with Gasteiger partial charge in [0, 0.05) is 12.6 Å². The first-order chi connectivity index (χ1) is 7.90. The molecule has 1 aliphatic rings. The molecule has 0 aromatic heterocycles. The molecule has 1 fully saturated rings. The molecular formula is C14H27NO2. The van der Waals surface area contributed by atoms with Crippen LogP contribution in [-0.4, -0.2) is 35.1 Å². The van der Waals surface area contributed by atoms with Gasteiger partial charge in [-0.25, -0.2) is 0 Å². The molecule has 1 N–H and O–H groups in total. The Morgan fingerprint density at radius 3 is 2.65 bits per heavy atom. The predicted molar refractivity (Wildman–Crippen MR) is 70.1 cm³/mol. The van der Waals surface area contributed by atoms with Crippen LogP contribution in [-0.2, 0) is 4.79 Å². The lowest BCUT2D eigenvalue weighted by molar-refractivity contribution is -0.149. The number of likely N-dealkylation sites (tertiary alicyclic amines) is 1. The summed E-state index contributed by atoms with van der Waals surface area (Å²) in [6.07, 6.45) is 4.14. The topological polar surface area (TPSA) is 40.5 Å². The van der Waals surface area contributed by atoms with Gasteiger partial charge in [-0.1, -0.05) is 27.2 Å². The first-order valence-corrected chi connectivity index (χ1v) is 6.88. The van der Waals surface area contributed by atoms with E-state index >= 15 is 0 Å². The van der Waals surface area contributed by atoms with Crippen molar-refractivity contribution in [3.8, 4) is 0 Å². The summed E-state index contributed by atoms with van der Waals surface area (Å²) in [7, 11) is 0. The smallest absolute Gasteiger partial charge is 0.310 e. The highest BCUT2D eigenvalue weighted by atomic mass is 16.4. The maximum atomic E-state index is 11.4. The maximum Gasteiger partial charge on any atom is 0.310 e. The second kappa shape index (κ2) is 5.85. The average Bonchev–Trinajstić information content (AvgIpc) is 2.65. The van der Waals surface area contributed by atoms with Gasteiger partial charge in [-0.15, -0.1) is 0 Å². The van der Waals surface area contributed by atoms with Crippen LogP contribution < -0.4 is 0 Å². The summed E-state index contributed by atoms with van der Waals surface area (Å²) in [5.41, 5.74) is -0.577. The zero-order valence-corrected chi connectivity index (χ0v) is 11.7. The maximum absolute atomic E-state index is 11.4. The minimum Gasteiger partial charge on any atom is -0.481 e. The summed E-state index contributed by atoms with van der Waals surface area (Å²) < 4.78 is 0. The summed E-state index contributed by atoms with van der Waals surface area (Å²) in [4.78, 5) is 13.8. The quantitative estimate of drug-likeness (QED) is 0.777. The Balaban J connectivity index is 2.70. The van der Waals surface area contributed by atoms with Crippen molar-refractivity contribution in [3.63, 3.8) is 0 Å². The van der Waals surface area contributed by atoms with Crippen LogP contribution in [0.3, 0.4) is 0 Å². The lowest BCUT2D eigenvalue weighted by Crippen LogP contribution is -2.44. The lowest BCUT2D eigenvalue weighted by Gasteiger charge is -2.35. The van der Waals surface area contributed by atoms with Crippen molar-refractivity contribution in [2.45, 2.75) is 59.4 Å². The van der Waals surface area contributed by atoms with Crippen molar-refractivity contribution in [1.29, 1.82) is 0 Å². The van der Waals surface area contributed by atoms with E-state index < -0.39 is 11.4 Å². The van der Waals surface area contributed by atoms with Crippen LogP contribution >= 0.6 is 0 Å². The number of hydrogen-bond donors (Lipinski definition) is 1. The van der Waals surface area contributed by atoms with Crippen LogP contribution in [0.4, 0.5) is 0 Å².